The Labute approximate surface area is 173 Å². The Kier molecular flexibility index (Phi) is 11.4. The molecule has 0 saturated carbocycles. The van der Waals surface area contributed by atoms with Crippen LogP contribution in [-0.2, 0) is 14.3 Å². The van der Waals surface area contributed by atoms with E-state index in [0.717, 1.165) is 32.0 Å². The second-order valence-electron chi connectivity index (χ2n) is 8.61. The average Bonchev–Trinajstić information content (AvgIpc) is 3.25. The van der Waals surface area contributed by atoms with Gasteiger partial charge >= 0.3 is 0 Å². The summed E-state index contributed by atoms with van der Waals surface area (Å²) in [5, 5.41) is 0. The van der Waals surface area contributed by atoms with Crippen LogP contribution in [0.3, 0.4) is 0 Å². The van der Waals surface area contributed by atoms with Crippen molar-refractivity contribution in [1.29, 1.82) is 0 Å². The lowest BCUT2D eigenvalue weighted by molar-refractivity contribution is -0.116. The minimum atomic E-state index is -0.530. The molecule has 2 saturated heterocycles. The van der Waals surface area contributed by atoms with Crippen LogP contribution in [0.1, 0.15) is 104 Å². The molecule has 0 aromatic heterocycles. The Bertz CT molecular complexity index is 453. The third-order valence-corrected chi connectivity index (χ3v) is 6.15. The molecule has 0 radical (unpaired) electrons. The summed E-state index contributed by atoms with van der Waals surface area (Å²) in [7, 11) is 0. The van der Waals surface area contributed by atoms with Gasteiger partial charge in [-0.05, 0) is 44.9 Å². The zero-order chi connectivity index (χ0) is 20.1. The molecule has 3 unspecified atom stereocenters. The fourth-order valence-corrected chi connectivity index (χ4v) is 4.42. The summed E-state index contributed by atoms with van der Waals surface area (Å²) >= 11 is 0. The maximum absolute atomic E-state index is 11.8. The van der Waals surface area contributed by atoms with Gasteiger partial charge in [0.1, 0.15) is 24.3 Å². The SMILES string of the molecule is CCC/C=C/CCCCC1OCC2(C=O)COC(CCCCCCCCC)N12. The molecule has 2 rings (SSSR count). The summed E-state index contributed by atoms with van der Waals surface area (Å²) in [6.07, 6.45) is 22.8. The van der Waals surface area contributed by atoms with Gasteiger partial charge in [0.2, 0.25) is 0 Å². The molecule has 0 spiro atoms. The third-order valence-electron chi connectivity index (χ3n) is 6.15. The topological polar surface area (TPSA) is 38.8 Å². The molecule has 3 atom stereocenters. The van der Waals surface area contributed by atoms with Gasteiger partial charge in [0.25, 0.3) is 0 Å². The minimum absolute atomic E-state index is 0.0434. The number of carbonyl (C=O) groups excluding carboxylic acids is 1. The Morgan fingerprint density at radius 1 is 0.786 bits per heavy atom. The van der Waals surface area contributed by atoms with E-state index in [0.29, 0.717) is 13.2 Å². The highest BCUT2D eigenvalue weighted by molar-refractivity contribution is 5.66. The second-order valence-corrected chi connectivity index (χ2v) is 8.61. The first-order chi connectivity index (χ1) is 13.8. The normalized spacial score (nSPS) is 27.6. The van der Waals surface area contributed by atoms with E-state index in [1.54, 1.807) is 0 Å². The molecule has 2 fully saturated rings. The highest BCUT2D eigenvalue weighted by Gasteiger charge is 2.55. The van der Waals surface area contributed by atoms with Crippen molar-refractivity contribution in [3.8, 4) is 0 Å². The predicted molar refractivity (Wildman–Crippen MR) is 115 cm³/mol. The van der Waals surface area contributed by atoms with Crippen LogP contribution >= 0.6 is 0 Å². The van der Waals surface area contributed by atoms with Gasteiger partial charge < -0.3 is 14.3 Å². The molecule has 4 nitrogen and oxygen atoms in total. The number of carbonyl (C=O) groups is 1. The Balaban J connectivity index is 1.72. The van der Waals surface area contributed by atoms with Gasteiger partial charge in [-0.1, -0.05) is 70.9 Å². The predicted octanol–water partition coefficient (Wildman–Crippen LogP) is 6.00. The number of hydrogen-bond donors (Lipinski definition) is 0. The van der Waals surface area contributed by atoms with Gasteiger partial charge in [-0.15, -0.1) is 0 Å². The van der Waals surface area contributed by atoms with Crippen molar-refractivity contribution in [1.82, 2.24) is 4.90 Å². The summed E-state index contributed by atoms with van der Waals surface area (Å²) in [5.74, 6) is 0. The molecule has 28 heavy (non-hydrogen) atoms. The molecule has 0 N–H and O–H groups in total. The highest BCUT2D eigenvalue weighted by Crippen LogP contribution is 2.38. The Morgan fingerprint density at radius 3 is 1.96 bits per heavy atom. The van der Waals surface area contributed by atoms with Crippen molar-refractivity contribution >= 4 is 6.29 Å². The number of fused-ring (bicyclic) bond motifs is 1. The lowest BCUT2D eigenvalue weighted by Crippen LogP contribution is -2.50. The summed E-state index contributed by atoms with van der Waals surface area (Å²) in [4.78, 5) is 14.1. The van der Waals surface area contributed by atoms with Crippen LogP contribution in [0.25, 0.3) is 0 Å². The van der Waals surface area contributed by atoms with Crippen LogP contribution in [0.2, 0.25) is 0 Å². The molecular formula is C24H43NO3. The molecule has 0 aromatic carbocycles. The standard InChI is InChI=1S/C24H43NO3/c1-3-5-7-9-11-13-15-17-22-25-23(18-16-14-12-10-8-6-4-2)28-21-24(25,19-26)20-27-22/h7,9,19,22-23H,3-6,8,10-18,20-21H2,1-2H3/b9-7+. The van der Waals surface area contributed by atoms with Crippen LogP contribution in [0, 0.1) is 0 Å². The zero-order valence-electron chi connectivity index (χ0n) is 18.4. The zero-order valence-corrected chi connectivity index (χ0v) is 18.4. The maximum atomic E-state index is 11.8. The highest BCUT2D eigenvalue weighted by atomic mass is 16.6. The molecule has 0 aliphatic carbocycles. The van der Waals surface area contributed by atoms with E-state index in [-0.39, 0.29) is 12.5 Å². The second kappa shape index (κ2) is 13.5. The van der Waals surface area contributed by atoms with Crippen LogP contribution < -0.4 is 0 Å². The minimum Gasteiger partial charge on any atom is -0.361 e. The quantitative estimate of drug-likeness (QED) is 0.183. The summed E-state index contributed by atoms with van der Waals surface area (Å²) in [6, 6.07) is 0. The molecule has 4 heteroatoms. The average molecular weight is 394 g/mol. The lowest BCUT2D eigenvalue weighted by atomic mass is 10.0. The van der Waals surface area contributed by atoms with E-state index in [2.05, 4.69) is 30.9 Å². The van der Waals surface area contributed by atoms with Crippen molar-refractivity contribution in [3.05, 3.63) is 12.2 Å². The molecular weight excluding hydrogens is 350 g/mol. The molecule has 2 aliphatic rings. The fourth-order valence-electron chi connectivity index (χ4n) is 4.42. The van der Waals surface area contributed by atoms with Crippen LogP contribution in [-0.4, -0.2) is 42.4 Å². The molecule has 2 heterocycles. The van der Waals surface area contributed by atoms with E-state index in [1.165, 1.54) is 64.2 Å². The molecule has 0 amide bonds. The van der Waals surface area contributed by atoms with Crippen molar-refractivity contribution in [2.45, 2.75) is 122 Å². The van der Waals surface area contributed by atoms with E-state index in [9.17, 15) is 4.79 Å². The van der Waals surface area contributed by atoms with E-state index < -0.39 is 5.54 Å². The molecule has 162 valence electrons. The smallest absolute Gasteiger partial charge is 0.145 e. The van der Waals surface area contributed by atoms with E-state index in [1.807, 2.05) is 0 Å². The molecule has 2 aliphatic heterocycles. The van der Waals surface area contributed by atoms with Gasteiger partial charge in [0.15, 0.2) is 0 Å². The van der Waals surface area contributed by atoms with Crippen molar-refractivity contribution in [2.75, 3.05) is 13.2 Å². The van der Waals surface area contributed by atoms with Crippen molar-refractivity contribution < 1.29 is 14.3 Å². The first-order valence-corrected chi connectivity index (χ1v) is 11.9. The van der Waals surface area contributed by atoms with Crippen molar-refractivity contribution in [2.24, 2.45) is 0 Å². The summed E-state index contributed by atoms with van der Waals surface area (Å²) < 4.78 is 12.1. The molecule has 0 bridgehead atoms. The van der Waals surface area contributed by atoms with Gasteiger partial charge in [0.05, 0.1) is 13.2 Å². The summed E-state index contributed by atoms with van der Waals surface area (Å²) in [6.45, 7) is 5.45. The Morgan fingerprint density at radius 2 is 1.36 bits per heavy atom. The maximum Gasteiger partial charge on any atom is 0.145 e. The van der Waals surface area contributed by atoms with E-state index in [4.69, 9.17) is 9.47 Å². The van der Waals surface area contributed by atoms with Gasteiger partial charge in [-0.25, -0.2) is 4.90 Å². The summed E-state index contributed by atoms with van der Waals surface area (Å²) in [5.41, 5.74) is -0.530. The van der Waals surface area contributed by atoms with Gasteiger partial charge in [-0.3, -0.25) is 0 Å². The largest absolute Gasteiger partial charge is 0.361 e. The number of ether oxygens (including phenoxy) is 2. The van der Waals surface area contributed by atoms with Crippen molar-refractivity contribution in [3.63, 3.8) is 0 Å². The van der Waals surface area contributed by atoms with Crippen LogP contribution in [0.15, 0.2) is 12.2 Å². The Hall–Kier alpha value is -0.710. The first kappa shape index (κ1) is 23.6. The number of allylic oxidation sites excluding steroid dienone is 2. The fraction of sp³-hybridized carbons (Fsp3) is 0.875. The van der Waals surface area contributed by atoms with Gasteiger partial charge in [-0.2, -0.15) is 0 Å². The monoisotopic (exact) mass is 393 g/mol. The van der Waals surface area contributed by atoms with Crippen LogP contribution in [0.4, 0.5) is 0 Å². The number of hydrogen-bond acceptors (Lipinski definition) is 4. The van der Waals surface area contributed by atoms with Crippen LogP contribution in [0.5, 0.6) is 0 Å². The number of nitrogens with zero attached hydrogens (tertiary/aromatic N) is 1. The van der Waals surface area contributed by atoms with Gasteiger partial charge in [0, 0.05) is 0 Å². The number of rotatable bonds is 16. The first-order valence-electron chi connectivity index (χ1n) is 11.9. The van der Waals surface area contributed by atoms with E-state index >= 15 is 0 Å². The third kappa shape index (κ3) is 6.96. The number of aldehydes is 1. The lowest BCUT2D eigenvalue weighted by Gasteiger charge is -2.30. The number of unbranched alkanes of at least 4 members (excludes halogenated alkanes) is 9. The molecule has 0 aromatic rings.